The van der Waals surface area contributed by atoms with Crippen molar-refractivity contribution < 1.29 is 9.90 Å². The highest BCUT2D eigenvalue weighted by Gasteiger charge is 2.17. The number of benzene rings is 1. The van der Waals surface area contributed by atoms with E-state index in [2.05, 4.69) is 19.2 Å². The molecule has 5 nitrogen and oxygen atoms in total. The fourth-order valence-electron chi connectivity index (χ4n) is 2.38. The first-order valence-corrected chi connectivity index (χ1v) is 7.29. The number of rotatable bonds is 8. The van der Waals surface area contributed by atoms with Crippen LogP contribution >= 0.6 is 0 Å². The average Bonchev–Trinajstić information content (AvgIpc) is 2.48. The molecule has 114 valence electrons. The van der Waals surface area contributed by atoms with Crippen molar-refractivity contribution in [3.63, 3.8) is 0 Å². The van der Waals surface area contributed by atoms with Crippen molar-refractivity contribution in [1.29, 1.82) is 5.26 Å². The van der Waals surface area contributed by atoms with Gasteiger partial charge in [-0.05, 0) is 31.0 Å². The van der Waals surface area contributed by atoms with Crippen molar-refractivity contribution in [2.75, 3.05) is 25.0 Å². The zero-order chi connectivity index (χ0) is 15.7. The van der Waals surface area contributed by atoms with E-state index in [0.717, 1.165) is 12.8 Å². The molecule has 1 aromatic rings. The van der Waals surface area contributed by atoms with E-state index in [0.29, 0.717) is 17.8 Å². The number of hydrogen-bond donors (Lipinski definition) is 2. The van der Waals surface area contributed by atoms with Crippen LogP contribution in [0.1, 0.15) is 32.3 Å². The first-order chi connectivity index (χ1) is 10.1. The number of hydrogen-bond acceptors (Lipinski definition) is 4. The van der Waals surface area contributed by atoms with Crippen LogP contribution in [0, 0.1) is 11.3 Å². The fourth-order valence-corrected chi connectivity index (χ4v) is 2.38. The molecular weight excluding hydrogens is 266 g/mol. The monoisotopic (exact) mass is 289 g/mol. The number of nitriles is 1. The van der Waals surface area contributed by atoms with Gasteiger partial charge in [0.15, 0.2) is 0 Å². The summed E-state index contributed by atoms with van der Waals surface area (Å²) in [5.74, 6) is -0.134. The third-order valence-corrected chi connectivity index (χ3v) is 3.47. The lowest BCUT2D eigenvalue weighted by Gasteiger charge is -2.29. The smallest absolute Gasteiger partial charge is 0.238 e. The number of anilines is 1. The predicted octanol–water partition coefficient (Wildman–Crippen LogP) is 1.98. The second-order valence-corrected chi connectivity index (χ2v) is 4.91. The lowest BCUT2D eigenvalue weighted by Crippen LogP contribution is -2.42. The Morgan fingerprint density at radius 3 is 2.71 bits per heavy atom. The van der Waals surface area contributed by atoms with Gasteiger partial charge in [0, 0.05) is 18.3 Å². The molecule has 1 rings (SSSR count). The molecule has 0 radical (unpaired) electrons. The Bertz CT molecular complexity index is 493. The van der Waals surface area contributed by atoms with Crippen molar-refractivity contribution in [3.05, 3.63) is 29.8 Å². The maximum absolute atomic E-state index is 12.1. The summed E-state index contributed by atoms with van der Waals surface area (Å²) in [6.45, 7) is 4.91. The number of carbonyl (C=O) groups excluding carboxylic acids is 1. The second-order valence-electron chi connectivity index (χ2n) is 4.91. The summed E-state index contributed by atoms with van der Waals surface area (Å²) >= 11 is 0. The molecule has 2 N–H and O–H groups in total. The zero-order valence-electron chi connectivity index (χ0n) is 12.7. The topological polar surface area (TPSA) is 76.4 Å². The minimum absolute atomic E-state index is 0.0354. The number of aliphatic hydroxyl groups is 1. The number of aliphatic hydroxyl groups excluding tert-OH is 1. The Morgan fingerprint density at radius 1 is 1.43 bits per heavy atom. The SMILES string of the molecule is CCC(CC)N(CCO)CC(=O)Nc1cccc(C#N)c1. The van der Waals surface area contributed by atoms with Crippen LogP contribution in [0.25, 0.3) is 0 Å². The molecule has 0 saturated carbocycles. The second kappa shape index (κ2) is 9.11. The van der Waals surface area contributed by atoms with E-state index in [4.69, 9.17) is 10.4 Å². The van der Waals surface area contributed by atoms with Gasteiger partial charge in [0.05, 0.1) is 24.8 Å². The summed E-state index contributed by atoms with van der Waals surface area (Å²) in [4.78, 5) is 14.1. The fraction of sp³-hybridized carbons (Fsp3) is 0.500. The van der Waals surface area contributed by atoms with Gasteiger partial charge in [0.2, 0.25) is 5.91 Å². The molecular formula is C16H23N3O2. The van der Waals surface area contributed by atoms with E-state index in [9.17, 15) is 4.79 Å². The third-order valence-electron chi connectivity index (χ3n) is 3.47. The molecule has 0 bridgehead atoms. The molecule has 21 heavy (non-hydrogen) atoms. The number of nitrogens with zero attached hydrogens (tertiary/aromatic N) is 2. The normalized spacial score (nSPS) is 10.7. The Hall–Kier alpha value is -1.90. The van der Waals surface area contributed by atoms with Gasteiger partial charge >= 0.3 is 0 Å². The Balaban J connectivity index is 2.67. The quantitative estimate of drug-likeness (QED) is 0.767. The minimum atomic E-state index is -0.134. The van der Waals surface area contributed by atoms with E-state index < -0.39 is 0 Å². The number of carbonyl (C=O) groups is 1. The lowest BCUT2D eigenvalue weighted by molar-refractivity contribution is -0.118. The van der Waals surface area contributed by atoms with Crippen LogP contribution in [0.4, 0.5) is 5.69 Å². The van der Waals surface area contributed by atoms with Crippen LogP contribution < -0.4 is 5.32 Å². The van der Waals surface area contributed by atoms with Gasteiger partial charge in [-0.1, -0.05) is 19.9 Å². The average molecular weight is 289 g/mol. The molecule has 0 spiro atoms. The molecule has 1 aromatic carbocycles. The highest BCUT2D eigenvalue weighted by molar-refractivity contribution is 5.92. The third kappa shape index (κ3) is 5.54. The first kappa shape index (κ1) is 17.2. The molecule has 0 aromatic heterocycles. The molecule has 0 fully saturated rings. The summed E-state index contributed by atoms with van der Waals surface area (Å²) in [6.07, 6.45) is 1.88. The van der Waals surface area contributed by atoms with Gasteiger partial charge in [-0.3, -0.25) is 9.69 Å². The molecule has 0 aliphatic rings. The summed E-state index contributed by atoms with van der Waals surface area (Å²) < 4.78 is 0. The van der Waals surface area contributed by atoms with Crippen LogP contribution in [-0.2, 0) is 4.79 Å². The maximum atomic E-state index is 12.1. The molecule has 5 heteroatoms. The molecule has 1 amide bonds. The Labute approximate surface area is 126 Å². The molecule has 0 saturated heterocycles. The lowest BCUT2D eigenvalue weighted by atomic mass is 10.1. The summed E-state index contributed by atoms with van der Waals surface area (Å²) in [5, 5.41) is 20.8. The van der Waals surface area contributed by atoms with Crippen molar-refractivity contribution in [2.45, 2.75) is 32.7 Å². The zero-order valence-corrected chi connectivity index (χ0v) is 12.7. The van der Waals surface area contributed by atoms with Crippen LogP contribution in [0.3, 0.4) is 0 Å². The van der Waals surface area contributed by atoms with Gasteiger partial charge in [-0.2, -0.15) is 5.26 Å². The standard InChI is InChI=1S/C16H23N3O2/c1-3-15(4-2)19(8-9-20)12-16(21)18-14-7-5-6-13(10-14)11-17/h5-7,10,15,20H,3-4,8-9,12H2,1-2H3,(H,18,21). The van der Waals surface area contributed by atoms with E-state index in [1.807, 2.05) is 11.0 Å². The van der Waals surface area contributed by atoms with Crippen molar-refractivity contribution in [2.24, 2.45) is 0 Å². The van der Waals surface area contributed by atoms with Crippen LogP contribution in [0.2, 0.25) is 0 Å². The Morgan fingerprint density at radius 2 is 2.14 bits per heavy atom. The molecule has 0 heterocycles. The first-order valence-electron chi connectivity index (χ1n) is 7.29. The molecule has 0 aliphatic heterocycles. The van der Waals surface area contributed by atoms with Crippen LogP contribution in [-0.4, -0.2) is 41.7 Å². The van der Waals surface area contributed by atoms with Crippen LogP contribution in [0.15, 0.2) is 24.3 Å². The Kier molecular flexibility index (Phi) is 7.44. The van der Waals surface area contributed by atoms with Gasteiger partial charge in [0.1, 0.15) is 0 Å². The van der Waals surface area contributed by atoms with Gasteiger partial charge in [0.25, 0.3) is 0 Å². The van der Waals surface area contributed by atoms with Gasteiger partial charge < -0.3 is 10.4 Å². The van der Waals surface area contributed by atoms with Crippen LogP contribution in [0.5, 0.6) is 0 Å². The molecule has 0 unspecified atom stereocenters. The van der Waals surface area contributed by atoms with E-state index >= 15 is 0 Å². The predicted molar refractivity (Wildman–Crippen MR) is 82.8 cm³/mol. The van der Waals surface area contributed by atoms with E-state index in [-0.39, 0.29) is 25.1 Å². The molecule has 0 atom stereocenters. The highest BCUT2D eigenvalue weighted by Crippen LogP contribution is 2.11. The van der Waals surface area contributed by atoms with Crippen molar-refractivity contribution in [3.8, 4) is 6.07 Å². The van der Waals surface area contributed by atoms with Crippen molar-refractivity contribution in [1.82, 2.24) is 4.90 Å². The summed E-state index contributed by atoms with van der Waals surface area (Å²) in [7, 11) is 0. The van der Waals surface area contributed by atoms with Gasteiger partial charge in [-0.15, -0.1) is 0 Å². The van der Waals surface area contributed by atoms with E-state index in [1.54, 1.807) is 24.3 Å². The van der Waals surface area contributed by atoms with E-state index in [1.165, 1.54) is 0 Å². The van der Waals surface area contributed by atoms with Crippen molar-refractivity contribution >= 4 is 11.6 Å². The highest BCUT2D eigenvalue weighted by atomic mass is 16.3. The largest absolute Gasteiger partial charge is 0.395 e. The summed E-state index contributed by atoms with van der Waals surface area (Å²) in [5.41, 5.74) is 1.13. The number of nitrogens with one attached hydrogen (secondary N) is 1. The molecule has 0 aliphatic carbocycles. The summed E-state index contributed by atoms with van der Waals surface area (Å²) in [6, 6.07) is 9.16. The number of amides is 1. The van der Waals surface area contributed by atoms with Gasteiger partial charge in [-0.25, -0.2) is 0 Å². The maximum Gasteiger partial charge on any atom is 0.238 e. The minimum Gasteiger partial charge on any atom is -0.395 e.